The van der Waals surface area contributed by atoms with Crippen LogP contribution in [0.25, 0.3) is 0 Å². The first-order chi connectivity index (χ1) is 7.17. The fourth-order valence-corrected chi connectivity index (χ4v) is 1.26. The maximum Gasteiger partial charge on any atom is 0.126 e. The van der Waals surface area contributed by atoms with Crippen LogP contribution in [-0.2, 0) is 6.54 Å². The van der Waals surface area contributed by atoms with E-state index in [-0.39, 0.29) is 12.6 Å². The van der Waals surface area contributed by atoms with Crippen LogP contribution >= 0.6 is 0 Å². The maximum absolute atomic E-state index is 9.01. The number of aliphatic hydroxyl groups excluding tert-OH is 1. The van der Waals surface area contributed by atoms with E-state index in [1.807, 2.05) is 39.2 Å². The van der Waals surface area contributed by atoms with Crippen LogP contribution in [0.3, 0.4) is 0 Å². The SMILES string of the molecule is CNc1cccc(CN(C)C(C)CO)n1. The van der Waals surface area contributed by atoms with Crippen LogP contribution < -0.4 is 5.32 Å². The molecule has 0 aliphatic rings. The molecule has 0 fully saturated rings. The van der Waals surface area contributed by atoms with Gasteiger partial charge in [-0.05, 0) is 26.1 Å². The molecule has 1 unspecified atom stereocenters. The van der Waals surface area contributed by atoms with Gasteiger partial charge >= 0.3 is 0 Å². The molecule has 0 spiro atoms. The van der Waals surface area contributed by atoms with E-state index in [0.29, 0.717) is 0 Å². The fourth-order valence-electron chi connectivity index (χ4n) is 1.26. The van der Waals surface area contributed by atoms with E-state index in [4.69, 9.17) is 5.11 Å². The van der Waals surface area contributed by atoms with Gasteiger partial charge in [-0.15, -0.1) is 0 Å². The highest BCUT2D eigenvalue weighted by atomic mass is 16.3. The molecule has 84 valence electrons. The first-order valence-electron chi connectivity index (χ1n) is 5.12. The van der Waals surface area contributed by atoms with E-state index in [1.54, 1.807) is 0 Å². The van der Waals surface area contributed by atoms with Crippen molar-refractivity contribution in [2.45, 2.75) is 19.5 Å². The van der Waals surface area contributed by atoms with Gasteiger partial charge in [-0.3, -0.25) is 4.90 Å². The van der Waals surface area contributed by atoms with Crippen LogP contribution in [0.4, 0.5) is 5.82 Å². The maximum atomic E-state index is 9.01. The standard InChI is InChI=1S/C11H19N3O/c1-9(8-15)14(3)7-10-5-4-6-11(12-2)13-10/h4-6,9,15H,7-8H2,1-3H3,(H,12,13). The molecule has 1 rings (SSSR count). The summed E-state index contributed by atoms with van der Waals surface area (Å²) in [5.74, 6) is 0.873. The summed E-state index contributed by atoms with van der Waals surface area (Å²) in [6.45, 7) is 2.90. The topological polar surface area (TPSA) is 48.4 Å². The number of likely N-dealkylation sites (N-methyl/N-ethyl adjacent to an activating group) is 1. The monoisotopic (exact) mass is 209 g/mol. The largest absolute Gasteiger partial charge is 0.395 e. The number of anilines is 1. The van der Waals surface area contributed by atoms with Gasteiger partial charge < -0.3 is 10.4 Å². The van der Waals surface area contributed by atoms with E-state index >= 15 is 0 Å². The summed E-state index contributed by atoms with van der Waals surface area (Å²) >= 11 is 0. The Morgan fingerprint density at radius 1 is 1.53 bits per heavy atom. The lowest BCUT2D eigenvalue weighted by molar-refractivity contribution is 0.153. The van der Waals surface area contributed by atoms with Gasteiger partial charge in [0.25, 0.3) is 0 Å². The van der Waals surface area contributed by atoms with Gasteiger partial charge in [0.2, 0.25) is 0 Å². The molecule has 0 bridgehead atoms. The first-order valence-corrected chi connectivity index (χ1v) is 5.12. The molecular weight excluding hydrogens is 190 g/mol. The Morgan fingerprint density at radius 3 is 2.87 bits per heavy atom. The van der Waals surface area contributed by atoms with Crippen molar-refractivity contribution in [2.24, 2.45) is 0 Å². The molecule has 2 N–H and O–H groups in total. The fraction of sp³-hybridized carbons (Fsp3) is 0.545. The molecule has 4 nitrogen and oxygen atoms in total. The summed E-state index contributed by atoms with van der Waals surface area (Å²) in [6.07, 6.45) is 0. The second kappa shape index (κ2) is 5.68. The number of pyridine rings is 1. The summed E-state index contributed by atoms with van der Waals surface area (Å²) in [5.41, 5.74) is 1.00. The molecule has 4 heteroatoms. The number of aromatic nitrogens is 1. The molecule has 0 saturated carbocycles. The molecule has 0 aliphatic carbocycles. The Hall–Kier alpha value is -1.13. The van der Waals surface area contributed by atoms with Gasteiger partial charge in [0.15, 0.2) is 0 Å². The summed E-state index contributed by atoms with van der Waals surface area (Å²) in [5, 5.41) is 12.0. The summed E-state index contributed by atoms with van der Waals surface area (Å²) in [7, 11) is 3.83. The van der Waals surface area contributed by atoms with Crippen LogP contribution in [-0.4, -0.2) is 41.7 Å². The van der Waals surface area contributed by atoms with Crippen molar-refractivity contribution in [2.75, 3.05) is 26.0 Å². The van der Waals surface area contributed by atoms with Crippen molar-refractivity contribution in [1.82, 2.24) is 9.88 Å². The number of hydrogen-bond acceptors (Lipinski definition) is 4. The molecule has 1 aromatic heterocycles. The van der Waals surface area contributed by atoms with Gasteiger partial charge in [-0.25, -0.2) is 4.98 Å². The van der Waals surface area contributed by atoms with E-state index in [1.165, 1.54) is 0 Å². The average molecular weight is 209 g/mol. The number of nitrogens with zero attached hydrogens (tertiary/aromatic N) is 2. The number of rotatable bonds is 5. The normalized spacial score (nSPS) is 12.9. The van der Waals surface area contributed by atoms with Crippen LogP contribution in [0, 0.1) is 0 Å². The minimum atomic E-state index is 0.157. The molecule has 0 radical (unpaired) electrons. The van der Waals surface area contributed by atoms with Crippen LogP contribution in [0.1, 0.15) is 12.6 Å². The minimum absolute atomic E-state index is 0.157. The lowest BCUT2D eigenvalue weighted by atomic mass is 10.2. The highest BCUT2D eigenvalue weighted by Gasteiger charge is 2.08. The molecule has 0 aliphatic heterocycles. The zero-order valence-corrected chi connectivity index (χ0v) is 9.57. The van der Waals surface area contributed by atoms with Gasteiger partial charge in [0, 0.05) is 19.6 Å². The molecule has 1 atom stereocenters. The van der Waals surface area contributed by atoms with Crippen LogP contribution in [0.2, 0.25) is 0 Å². The summed E-state index contributed by atoms with van der Waals surface area (Å²) in [4.78, 5) is 6.48. The zero-order valence-electron chi connectivity index (χ0n) is 9.57. The van der Waals surface area contributed by atoms with E-state index in [9.17, 15) is 0 Å². The second-order valence-corrected chi connectivity index (χ2v) is 3.71. The lowest BCUT2D eigenvalue weighted by Gasteiger charge is -2.22. The third-order valence-electron chi connectivity index (χ3n) is 2.49. The quantitative estimate of drug-likeness (QED) is 0.757. The van der Waals surface area contributed by atoms with E-state index in [0.717, 1.165) is 18.1 Å². The lowest BCUT2D eigenvalue weighted by Crippen LogP contribution is -2.31. The molecule has 0 saturated heterocycles. The Labute approximate surface area is 90.9 Å². The van der Waals surface area contributed by atoms with E-state index in [2.05, 4.69) is 15.2 Å². The minimum Gasteiger partial charge on any atom is -0.395 e. The third kappa shape index (κ3) is 3.49. The Bertz CT molecular complexity index is 304. The van der Waals surface area contributed by atoms with Crippen molar-refractivity contribution in [3.8, 4) is 0 Å². The molecule has 0 aromatic carbocycles. The number of aliphatic hydroxyl groups is 1. The van der Waals surface area contributed by atoms with Crippen molar-refractivity contribution < 1.29 is 5.11 Å². The first kappa shape index (κ1) is 11.9. The third-order valence-corrected chi connectivity index (χ3v) is 2.49. The van der Waals surface area contributed by atoms with Crippen molar-refractivity contribution in [3.63, 3.8) is 0 Å². The predicted molar refractivity (Wildman–Crippen MR) is 61.8 cm³/mol. The highest BCUT2D eigenvalue weighted by Crippen LogP contribution is 2.07. The number of nitrogens with one attached hydrogen (secondary N) is 1. The Balaban J connectivity index is 2.63. The van der Waals surface area contributed by atoms with Gasteiger partial charge in [-0.1, -0.05) is 6.07 Å². The van der Waals surface area contributed by atoms with Gasteiger partial charge in [-0.2, -0.15) is 0 Å². The van der Waals surface area contributed by atoms with Crippen molar-refractivity contribution in [1.29, 1.82) is 0 Å². The van der Waals surface area contributed by atoms with Crippen LogP contribution in [0.5, 0.6) is 0 Å². The second-order valence-electron chi connectivity index (χ2n) is 3.71. The van der Waals surface area contributed by atoms with Crippen LogP contribution in [0.15, 0.2) is 18.2 Å². The summed E-state index contributed by atoms with van der Waals surface area (Å²) in [6, 6.07) is 6.05. The molecular formula is C11H19N3O. The summed E-state index contributed by atoms with van der Waals surface area (Å²) < 4.78 is 0. The van der Waals surface area contributed by atoms with Gasteiger partial charge in [0.1, 0.15) is 5.82 Å². The zero-order chi connectivity index (χ0) is 11.3. The predicted octanol–water partition coefficient (Wildman–Crippen LogP) is 0.936. The molecule has 0 amide bonds. The average Bonchev–Trinajstić information content (AvgIpc) is 2.28. The van der Waals surface area contributed by atoms with Crippen molar-refractivity contribution >= 4 is 5.82 Å². The smallest absolute Gasteiger partial charge is 0.126 e. The Kier molecular flexibility index (Phi) is 4.52. The molecule has 15 heavy (non-hydrogen) atoms. The highest BCUT2D eigenvalue weighted by molar-refractivity contribution is 5.34. The van der Waals surface area contributed by atoms with Crippen molar-refractivity contribution in [3.05, 3.63) is 23.9 Å². The number of hydrogen-bond donors (Lipinski definition) is 2. The van der Waals surface area contributed by atoms with Gasteiger partial charge in [0.05, 0.1) is 12.3 Å². The molecule has 1 aromatic rings. The molecule has 1 heterocycles. The van der Waals surface area contributed by atoms with E-state index < -0.39 is 0 Å². The Morgan fingerprint density at radius 2 is 2.27 bits per heavy atom.